The number of nitro benzene ring substituents is 1. The van der Waals surface area contributed by atoms with Gasteiger partial charge in [-0.15, -0.1) is 5.10 Å². The van der Waals surface area contributed by atoms with Crippen molar-refractivity contribution in [1.82, 2.24) is 19.6 Å². The van der Waals surface area contributed by atoms with Crippen LogP contribution in [0.3, 0.4) is 0 Å². The fraction of sp³-hybridized carbons (Fsp3) is 0.242. The monoisotopic (exact) mass is 959 g/mol. The molecule has 20 nitrogen and oxygen atoms in total. The van der Waals surface area contributed by atoms with E-state index in [2.05, 4.69) is 19.8 Å². The maximum absolute atomic E-state index is 12.7. The molecule has 2 unspecified atom stereocenters. The zero-order valence-corrected chi connectivity index (χ0v) is 35.5. The number of aliphatic carboxylic acids is 1. The van der Waals surface area contributed by atoms with Gasteiger partial charge in [-0.2, -0.15) is 36.1 Å². The van der Waals surface area contributed by atoms with Crippen LogP contribution in [0, 0.1) is 17.0 Å². The molecule has 2 aromatic heterocycles. The quantitative estimate of drug-likeness (QED) is 0.0450. The first-order valence-corrected chi connectivity index (χ1v) is 21.3. The summed E-state index contributed by atoms with van der Waals surface area (Å²) in [4.78, 5) is 47.8. The lowest BCUT2D eigenvalue weighted by atomic mass is 10.1. The number of aryl methyl sites for hydroxylation is 1. The molecular formula is C33H32Cl3F3N7O13PS. The van der Waals surface area contributed by atoms with Crippen molar-refractivity contribution in [3.05, 3.63) is 96.5 Å². The fourth-order valence-electron chi connectivity index (χ4n) is 4.40. The standard InChI is InChI=1S/C14H13Cl2N5O4S.C14H7ClF3NO5.C5H12NO4P/c1-7-4-5-8(15)12(11(7)16)20-26(22,23)14-18-13-17-9(24-2)6-10(25-3)21(13)19-14;15-10-5-7(14(16,17)18)1-4-12(10)24-8-2-3-11(19(22)23)9(6-8)13(20)21;1-11(9,10)3-2-4(6)5(7)8/h4-6,20H,1-3H3;1-6H,(H,20,21);4H,2-3,6H2,1H3,(H,7,8)(H,9,10). The molecule has 330 valence electrons. The molecule has 28 heteroatoms. The predicted octanol–water partition coefficient (Wildman–Crippen LogP) is 7.00. The minimum absolute atomic E-state index is 0.0111. The van der Waals surface area contributed by atoms with E-state index in [-0.39, 0.29) is 62.4 Å². The van der Waals surface area contributed by atoms with Crippen molar-refractivity contribution in [3.8, 4) is 23.3 Å². The van der Waals surface area contributed by atoms with Crippen molar-refractivity contribution in [2.24, 2.45) is 5.73 Å². The Bertz CT molecular complexity index is 2620. The maximum atomic E-state index is 12.7. The van der Waals surface area contributed by atoms with Gasteiger partial charge >= 0.3 is 18.1 Å². The normalized spacial score (nSPS) is 12.7. The van der Waals surface area contributed by atoms with Crippen LogP contribution < -0.4 is 24.7 Å². The molecule has 5 aromatic rings. The van der Waals surface area contributed by atoms with Crippen LogP contribution >= 0.6 is 42.2 Å². The molecule has 0 saturated heterocycles. The smallest absolute Gasteiger partial charge is 0.416 e. The molecular weight excluding hydrogens is 929 g/mol. The van der Waals surface area contributed by atoms with Crippen LogP contribution in [0.5, 0.6) is 23.3 Å². The number of aromatic carboxylic acids is 1. The Morgan fingerprint density at radius 1 is 1.03 bits per heavy atom. The highest BCUT2D eigenvalue weighted by Gasteiger charge is 2.31. The van der Waals surface area contributed by atoms with Crippen LogP contribution in [-0.2, 0) is 25.6 Å². The number of aromatic nitrogens is 4. The van der Waals surface area contributed by atoms with Gasteiger partial charge in [-0.3, -0.25) is 24.2 Å². The van der Waals surface area contributed by atoms with Crippen LogP contribution in [0.2, 0.25) is 15.1 Å². The first-order valence-electron chi connectivity index (χ1n) is 16.4. The largest absolute Gasteiger partial charge is 0.481 e. The second-order valence-electron chi connectivity index (χ2n) is 12.1. The molecule has 0 aliphatic rings. The van der Waals surface area contributed by atoms with E-state index >= 15 is 0 Å². The summed E-state index contributed by atoms with van der Waals surface area (Å²) in [6, 6.07) is 8.89. The molecule has 6 N–H and O–H groups in total. The third kappa shape index (κ3) is 13.8. The summed E-state index contributed by atoms with van der Waals surface area (Å²) < 4.78 is 92.5. The van der Waals surface area contributed by atoms with Crippen molar-refractivity contribution < 1.29 is 70.0 Å². The zero-order valence-electron chi connectivity index (χ0n) is 31.5. The molecule has 5 rings (SSSR count). The maximum Gasteiger partial charge on any atom is 0.416 e. The Morgan fingerprint density at radius 2 is 1.69 bits per heavy atom. The molecule has 2 heterocycles. The number of carboxylic acid groups (broad SMARTS) is 2. The Morgan fingerprint density at radius 3 is 2.21 bits per heavy atom. The van der Waals surface area contributed by atoms with E-state index in [4.69, 9.17) is 69.9 Å². The lowest BCUT2D eigenvalue weighted by Gasteiger charge is -2.11. The molecule has 3 aromatic carbocycles. The van der Waals surface area contributed by atoms with Gasteiger partial charge in [0.1, 0.15) is 23.1 Å². The number of alkyl halides is 3. The summed E-state index contributed by atoms with van der Waals surface area (Å²) in [7, 11) is -4.47. The van der Waals surface area contributed by atoms with E-state index in [9.17, 15) is 45.9 Å². The molecule has 0 fully saturated rings. The number of hydrogen-bond donors (Lipinski definition) is 5. The van der Waals surface area contributed by atoms with E-state index in [1.807, 2.05) is 0 Å². The third-order valence-electron chi connectivity index (χ3n) is 7.47. The molecule has 0 aliphatic carbocycles. The van der Waals surface area contributed by atoms with E-state index in [1.54, 1.807) is 13.0 Å². The Balaban J connectivity index is 0.000000264. The number of carbonyl (C=O) groups is 2. The lowest BCUT2D eigenvalue weighted by molar-refractivity contribution is -0.385. The number of nitro groups is 1. The number of halogens is 6. The van der Waals surface area contributed by atoms with E-state index in [0.29, 0.717) is 11.6 Å². The van der Waals surface area contributed by atoms with Crippen LogP contribution in [0.4, 0.5) is 24.5 Å². The number of nitrogens with one attached hydrogen (secondary N) is 1. The van der Waals surface area contributed by atoms with Gasteiger partial charge < -0.3 is 35.1 Å². The van der Waals surface area contributed by atoms with Crippen molar-refractivity contribution >= 4 is 81.3 Å². The number of anilines is 1. The number of carboxylic acids is 2. The van der Waals surface area contributed by atoms with Crippen LogP contribution in [0.25, 0.3) is 5.78 Å². The predicted molar refractivity (Wildman–Crippen MR) is 213 cm³/mol. The molecule has 0 bridgehead atoms. The minimum atomic E-state index is -4.58. The average Bonchev–Trinajstić information content (AvgIpc) is 3.63. The molecule has 2 atom stereocenters. The van der Waals surface area contributed by atoms with Crippen LogP contribution in [0.15, 0.2) is 59.8 Å². The number of nitrogens with zero attached hydrogens (tertiary/aromatic N) is 5. The summed E-state index contributed by atoms with van der Waals surface area (Å²) in [6.07, 6.45) is -4.58. The molecule has 0 saturated carbocycles. The summed E-state index contributed by atoms with van der Waals surface area (Å²) in [6.45, 7) is 2.91. The first kappa shape index (κ1) is 49.9. The Labute approximate surface area is 357 Å². The highest BCUT2D eigenvalue weighted by molar-refractivity contribution is 7.92. The van der Waals surface area contributed by atoms with Gasteiger partial charge in [0.25, 0.3) is 26.6 Å². The topological polar surface area (TPSA) is 298 Å². The Hall–Kier alpha value is -5.49. The average molecular weight is 961 g/mol. The van der Waals surface area contributed by atoms with Gasteiger partial charge in [-0.05, 0) is 49.2 Å². The van der Waals surface area contributed by atoms with Gasteiger partial charge in [-0.1, -0.05) is 40.9 Å². The highest BCUT2D eigenvalue weighted by atomic mass is 35.5. The summed E-state index contributed by atoms with van der Waals surface area (Å²) in [5, 5.41) is 31.4. The molecule has 61 heavy (non-hydrogen) atoms. The number of rotatable bonds is 13. The number of fused-ring (bicyclic) bond motifs is 1. The third-order valence-corrected chi connectivity index (χ3v) is 10.8. The first-order chi connectivity index (χ1) is 28.2. The van der Waals surface area contributed by atoms with Crippen molar-refractivity contribution in [3.63, 3.8) is 0 Å². The molecule has 0 aliphatic heterocycles. The van der Waals surface area contributed by atoms with Crippen molar-refractivity contribution in [1.29, 1.82) is 0 Å². The molecule has 0 radical (unpaired) electrons. The van der Waals surface area contributed by atoms with Gasteiger partial charge in [0.15, 0.2) is 7.37 Å². The number of sulfonamides is 1. The van der Waals surface area contributed by atoms with Crippen LogP contribution in [0.1, 0.15) is 27.9 Å². The van der Waals surface area contributed by atoms with Crippen LogP contribution in [-0.4, -0.2) is 93.1 Å². The van der Waals surface area contributed by atoms with Gasteiger partial charge in [0.05, 0.1) is 51.5 Å². The lowest BCUT2D eigenvalue weighted by Crippen LogP contribution is -2.30. The summed E-state index contributed by atoms with van der Waals surface area (Å²) >= 11 is 17.9. The number of benzene rings is 3. The molecule has 0 spiro atoms. The number of ether oxygens (including phenoxy) is 3. The fourth-order valence-corrected chi connectivity index (χ4v) is 6.91. The summed E-state index contributed by atoms with van der Waals surface area (Å²) in [5.41, 5.74) is 3.55. The van der Waals surface area contributed by atoms with E-state index in [1.165, 1.54) is 33.0 Å². The minimum Gasteiger partial charge on any atom is -0.481 e. The van der Waals surface area contributed by atoms with Gasteiger partial charge in [-0.25, -0.2) is 4.79 Å². The SMILES string of the molecule is COc1cc(OC)n2nc(S(=O)(=O)Nc3c(Cl)ccc(C)c3Cl)nc2n1.CP(=O)(O)CCC(N)C(=O)O.O=C(O)c1cc(Oc2ccc(C(F)(F)F)cc2Cl)ccc1[N+](=O)[O-]. The number of nitrogens with two attached hydrogens (primary N) is 1. The number of hydrogen-bond acceptors (Lipinski definition) is 14. The zero-order chi connectivity index (χ0) is 46.2. The summed E-state index contributed by atoms with van der Waals surface area (Å²) in [5.74, 6) is -2.59. The van der Waals surface area contributed by atoms with E-state index in [0.717, 1.165) is 34.8 Å². The van der Waals surface area contributed by atoms with Gasteiger partial charge in [0.2, 0.25) is 11.8 Å². The Kier molecular flexibility index (Phi) is 16.7. The van der Waals surface area contributed by atoms with Gasteiger partial charge in [0, 0.05) is 25.0 Å². The van der Waals surface area contributed by atoms with Crippen molar-refractivity contribution in [2.75, 3.05) is 31.8 Å². The van der Waals surface area contributed by atoms with E-state index < -0.39 is 68.4 Å². The highest BCUT2D eigenvalue weighted by Crippen LogP contribution is 2.38. The molecule has 0 amide bonds. The van der Waals surface area contributed by atoms with Crippen molar-refractivity contribution in [2.45, 2.75) is 30.7 Å². The number of methoxy groups -OCH3 is 2. The second-order valence-corrected chi connectivity index (χ2v) is 17.4. The second kappa shape index (κ2) is 20.4.